The molecule has 2 rings (SSSR count). The van der Waals surface area contributed by atoms with Gasteiger partial charge in [-0.1, -0.05) is 36.0 Å². The summed E-state index contributed by atoms with van der Waals surface area (Å²) in [5.41, 5.74) is 6.81. The molecule has 0 fully saturated rings. The molecular formula is C12H12BNO2S. The highest BCUT2D eigenvalue weighted by molar-refractivity contribution is 7.99. The van der Waals surface area contributed by atoms with Gasteiger partial charge in [-0.15, -0.1) is 0 Å². The van der Waals surface area contributed by atoms with Crippen molar-refractivity contribution in [2.24, 2.45) is 0 Å². The van der Waals surface area contributed by atoms with Gasteiger partial charge >= 0.3 is 7.12 Å². The molecule has 4 N–H and O–H groups in total. The summed E-state index contributed by atoms with van der Waals surface area (Å²) in [6, 6.07) is 14.9. The maximum absolute atomic E-state index is 9.02. The predicted molar refractivity (Wildman–Crippen MR) is 71.2 cm³/mol. The zero-order chi connectivity index (χ0) is 12.3. The minimum atomic E-state index is -1.48. The maximum atomic E-state index is 9.02. The molecule has 3 nitrogen and oxygen atoms in total. The Hall–Kier alpha value is -1.43. The molecule has 0 radical (unpaired) electrons. The first-order chi connectivity index (χ1) is 8.16. The van der Waals surface area contributed by atoms with Crippen molar-refractivity contribution in [1.29, 1.82) is 0 Å². The lowest BCUT2D eigenvalue weighted by Gasteiger charge is -2.07. The van der Waals surface area contributed by atoms with E-state index in [1.165, 1.54) is 0 Å². The van der Waals surface area contributed by atoms with Crippen LogP contribution in [-0.4, -0.2) is 17.2 Å². The van der Waals surface area contributed by atoms with Crippen LogP contribution in [0.15, 0.2) is 58.3 Å². The van der Waals surface area contributed by atoms with Crippen LogP contribution in [0.4, 0.5) is 5.69 Å². The molecule has 86 valence electrons. The van der Waals surface area contributed by atoms with Crippen LogP contribution in [0.25, 0.3) is 0 Å². The summed E-state index contributed by atoms with van der Waals surface area (Å²) in [6.07, 6.45) is 0. The van der Waals surface area contributed by atoms with Crippen molar-refractivity contribution in [3.8, 4) is 0 Å². The molecule has 0 amide bonds. The third-order valence-electron chi connectivity index (χ3n) is 2.30. The number of hydrogen-bond donors (Lipinski definition) is 3. The molecule has 5 heteroatoms. The van der Waals surface area contributed by atoms with E-state index >= 15 is 0 Å². The van der Waals surface area contributed by atoms with E-state index < -0.39 is 7.12 Å². The molecule has 0 heterocycles. The average Bonchev–Trinajstić information content (AvgIpc) is 2.33. The average molecular weight is 245 g/mol. The third kappa shape index (κ3) is 3.03. The molecule has 17 heavy (non-hydrogen) atoms. The zero-order valence-corrected chi connectivity index (χ0v) is 9.89. The van der Waals surface area contributed by atoms with Crippen LogP contribution in [0.5, 0.6) is 0 Å². The fourth-order valence-corrected chi connectivity index (χ4v) is 2.30. The van der Waals surface area contributed by atoms with Gasteiger partial charge in [0.15, 0.2) is 0 Å². The molecular weight excluding hydrogens is 233 g/mol. The molecule has 0 aliphatic heterocycles. The Morgan fingerprint density at radius 1 is 1.00 bits per heavy atom. The van der Waals surface area contributed by atoms with E-state index in [0.717, 1.165) is 9.79 Å². The number of nitrogen functional groups attached to an aromatic ring is 1. The number of rotatable bonds is 3. The van der Waals surface area contributed by atoms with Gasteiger partial charge in [0.1, 0.15) is 0 Å². The fourth-order valence-electron chi connectivity index (χ4n) is 1.44. The van der Waals surface area contributed by atoms with Crippen LogP contribution in [-0.2, 0) is 0 Å². The van der Waals surface area contributed by atoms with Crippen LogP contribution in [0.2, 0.25) is 0 Å². The SMILES string of the molecule is Nc1cc(B(O)O)ccc1Sc1ccccc1. The molecule has 0 aliphatic rings. The minimum absolute atomic E-state index is 0.403. The van der Waals surface area contributed by atoms with Crippen molar-refractivity contribution >= 4 is 30.0 Å². The predicted octanol–water partition coefficient (Wildman–Crippen LogP) is 1.10. The Morgan fingerprint density at radius 3 is 2.29 bits per heavy atom. The van der Waals surface area contributed by atoms with Gasteiger partial charge < -0.3 is 15.8 Å². The summed E-state index contributed by atoms with van der Waals surface area (Å²) in [5, 5.41) is 18.0. The van der Waals surface area contributed by atoms with Gasteiger partial charge in [0, 0.05) is 15.5 Å². The van der Waals surface area contributed by atoms with Crippen LogP contribution in [0.1, 0.15) is 0 Å². The summed E-state index contributed by atoms with van der Waals surface area (Å²) < 4.78 is 0. The molecule has 0 unspecified atom stereocenters. The first-order valence-corrected chi connectivity index (χ1v) is 5.97. The zero-order valence-electron chi connectivity index (χ0n) is 9.08. The number of hydrogen-bond acceptors (Lipinski definition) is 4. The van der Waals surface area contributed by atoms with Crippen molar-refractivity contribution in [2.45, 2.75) is 9.79 Å². The molecule has 0 aromatic heterocycles. The maximum Gasteiger partial charge on any atom is 0.488 e. The smallest absolute Gasteiger partial charge is 0.423 e. The molecule has 0 bridgehead atoms. The van der Waals surface area contributed by atoms with Gasteiger partial charge in [-0.2, -0.15) is 0 Å². The van der Waals surface area contributed by atoms with Crippen molar-refractivity contribution in [3.05, 3.63) is 48.5 Å². The second-order valence-corrected chi connectivity index (χ2v) is 4.70. The van der Waals surface area contributed by atoms with Gasteiger partial charge in [0.2, 0.25) is 0 Å². The first-order valence-electron chi connectivity index (χ1n) is 5.15. The molecule has 2 aromatic carbocycles. The Balaban J connectivity index is 2.23. The van der Waals surface area contributed by atoms with Crippen LogP contribution in [0.3, 0.4) is 0 Å². The number of nitrogens with two attached hydrogens (primary N) is 1. The highest BCUT2D eigenvalue weighted by Crippen LogP contribution is 2.30. The molecule has 0 atom stereocenters. The number of anilines is 1. The minimum Gasteiger partial charge on any atom is -0.423 e. The topological polar surface area (TPSA) is 66.5 Å². The summed E-state index contributed by atoms with van der Waals surface area (Å²) in [6.45, 7) is 0. The Morgan fingerprint density at radius 2 is 1.71 bits per heavy atom. The lowest BCUT2D eigenvalue weighted by molar-refractivity contribution is 0.426. The van der Waals surface area contributed by atoms with Crippen LogP contribution in [0, 0.1) is 0 Å². The van der Waals surface area contributed by atoms with E-state index in [9.17, 15) is 0 Å². The van der Waals surface area contributed by atoms with Crippen molar-refractivity contribution in [2.75, 3.05) is 5.73 Å². The molecule has 2 aromatic rings. The monoisotopic (exact) mass is 245 g/mol. The highest BCUT2D eigenvalue weighted by Gasteiger charge is 2.12. The first kappa shape index (κ1) is 12.0. The Bertz CT molecular complexity index is 505. The quantitative estimate of drug-likeness (QED) is 0.559. The molecule has 0 aliphatic carbocycles. The van der Waals surface area contributed by atoms with Gasteiger partial charge in [0.25, 0.3) is 0 Å². The van der Waals surface area contributed by atoms with Crippen LogP contribution >= 0.6 is 11.8 Å². The standard InChI is InChI=1S/C12H12BNO2S/c14-11-8-9(13(15)16)6-7-12(11)17-10-4-2-1-3-5-10/h1-8,15-16H,14H2. The third-order valence-corrected chi connectivity index (χ3v) is 3.40. The largest absolute Gasteiger partial charge is 0.488 e. The molecule has 0 saturated carbocycles. The second-order valence-electron chi connectivity index (χ2n) is 3.59. The lowest BCUT2D eigenvalue weighted by Crippen LogP contribution is -2.29. The van der Waals surface area contributed by atoms with E-state index in [2.05, 4.69) is 0 Å². The van der Waals surface area contributed by atoms with Gasteiger partial charge in [-0.05, 0) is 29.7 Å². The summed E-state index contributed by atoms with van der Waals surface area (Å²) >= 11 is 1.55. The van der Waals surface area contributed by atoms with Crippen molar-refractivity contribution in [3.63, 3.8) is 0 Å². The normalized spacial score (nSPS) is 10.2. The van der Waals surface area contributed by atoms with Gasteiger partial charge in [-0.25, -0.2) is 0 Å². The molecule has 0 saturated heterocycles. The molecule has 0 spiro atoms. The van der Waals surface area contributed by atoms with Gasteiger partial charge in [0.05, 0.1) is 0 Å². The van der Waals surface area contributed by atoms with Crippen molar-refractivity contribution < 1.29 is 10.0 Å². The van der Waals surface area contributed by atoms with Crippen LogP contribution < -0.4 is 11.2 Å². The second kappa shape index (κ2) is 5.27. The highest BCUT2D eigenvalue weighted by atomic mass is 32.2. The summed E-state index contributed by atoms with van der Waals surface area (Å²) in [7, 11) is -1.48. The lowest BCUT2D eigenvalue weighted by atomic mass is 9.80. The van der Waals surface area contributed by atoms with Gasteiger partial charge in [-0.3, -0.25) is 0 Å². The van der Waals surface area contributed by atoms with Crippen molar-refractivity contribution in [1.82, 2.24) is 0 Å². The van der Waals surface area contributed by atoms with E-state index in [-0.39, 0.29) is 0 Å². The Labute approximate surface area is 104 Å². The fraction of sp³-hybridized carbons (Fsp3) is 0. The number of benzene rings is 2. The van der Waals surface area contributed by atoms with E-state index in [1.54, 1.807) is 30.0 Å². The summed E-state index contributed by atoms with van der Waals surface area (Å²) in [5.74, 6) is 0. The van der Waals surface area contributed by atoms with E-state index in [0.29, 0.717) is 11.2 Å². The van der Waals surface area contributed by atoms with E-state index in [4.69, 9.17) is 15.8 Å². The summed E-state index contributed by atoms with van der Waals surface area (Å²) in [4.78, 5) is 2.00. The van der Waals surface area contributed by atoms with E-state index in [1.807, 2.05) is 30.3 Å². The Kier molecular flexibility index (Phi) is 3.73.